The van der Waals surface area contributed by atoms with E-state index in [1.54, 1.807) is 31.6 Å². The van der Waals surface area contributed by atoms with E-state index in [1.165, 1.54) is 0 Å². The molecule has 0 aliphatic rings. The van der Waals surface area contributed by atoms with Crippen molar-refractivity contribution in [3.05, 3.63) is 58.3 Å². The average Bonchev–Trinajstić information content (AvgIpc) is 2.92. The highest BCUT2D eigenvalue weighted by Crippen LogP contribution is 2.28. The van der Waals surface area contributed by atoms with Crippen molar-refractivity contribution in [3.8, 4) is 5.75 Å². The summed E-state index contributed by atoms with van der Waals surface area (Å²) in [6.45, 7) is 0. The number of hydrogen-bond donors (Lipinski definition) is 1. The normalized spacial score (nSPS) is 10.7. The summed E-state index contributed by atoms with van der Waals surface area (Å²) < 4.78 is 10.7. The maximum Gasteiger partial charge on any atom is 0.228 e. The Balaban J connectivity index is 1.80. The van der Waals surface area contributed by atoms with Crippen molar-refractivity contribution in [3.63, 3.8) is 0 Å². The molecule has 23 heavy (non-hydrogen) atoms. The summed E-state index contributed by atoms with van der Waals surface area (Å²) in [4.78, 5) is 12.2. The third-order valence-electron chi connectivity index (χ3n) is 3.42. The Morgan fingerprint density at radius 3 is 2.78 bits per heavy atom. The molecule has 3 rings (SSSR count). The maximum atomic E-state index is 12.2. The molecule has 118 valence electrons. The number of nitrogens with one attached hydrogen (secondary N) is 1. The van der Waals surface area contributed by atoms with Gasteiger partial charge in [0.2, 0.25) is 5.91 Å². The summed E-state index contributed by atoms with van der Waals surface area (Å²) >= 11 is 11.9. The van der Waals surface area contributed by atoms with Gasteiger partial charge in [0.25, 0.3) is 0 Å². The number of carbonyl (C=O) groups is 1. The highest BCUT2D eigenvalue weighted by Gasteiger charge is 2.13. The molecule has 3 aromatic rings. The van der Waals surface area contributed by atoms with E-state index < -0.39 is 0 Å². The van der Waals surface area contributed by atoms with E-state index in [2.05, 4.69) is 5.32 Å². The van der Waals surface area contributed by atoms with Crippen LogP contribution in [0.3, 0.4) is 0 Å². The van der Waals surface area contributed by atoms with Crippen molar-refractivity contribution in [2.45, 2.75) is 6.42 Å². The molecule has 0 radical (unpaired) electrons. The zero-order valence-electron chi connectivity index (χ0n) is 12.2. The fourth-order valence-corrected chi connectivity index (χ4v) is 2.74. The molecule has 1 heterocycles. The number of amides is 1. The Kier molecular flexibility index (Phi) is 4.46. The van der Waals surface area contributed by atoms with Crippen molar-refractivity contribution >= 4 is 45.8 Å². The van der Waals surface area contributed by atoms with E-state index in [-0.39, 0.29) is 12.3 Å². The van der Waals surface area contributed by atoms with Gasteiger partial charge >= 0.3 is 0 Å². The lowest BCUT2D eigenvalue weighted by molar-refractivity contribution is -0.115. The summed E-state index contributed by atoms with van der Waals surface area (Å²) in [7, 11) is 1.59. The van der Waals surface area contributed by atoms with Crippen LogP contribution >= 0.6 is 23.2 Å². The molecule has 1 N–H and O–H groups in total. The van der Waals surface area contributed by atoms with Gasteiger partial charge in [-0.15, -0.1) is 0 Å². The Labute approximate surface area is 142 Å². The van der Waals surface area contributed by atoms with E-state index in [0.29, 0.717) is 27.1 Å². The van der Waals surface area contributed by atoms with Gasteiger partial charge in [-0.3, -0.25) is 4.79 Å². The zero-order chi connectivity index (χ0) is 16.4. The second kappa shape index (κ2) is 6.52. The lowest BCUT2D eigenvalue weighted by Crippen LogP contribution is -2.14. The first-order valence-electron chi connectivity index (χ1n) is 6.86. The van der Waals surface area contributed by atoms with E-state index in [4.69, 9.17) is 32.4 Å². The van der Waals surface area contributed by atoms with Gasteiger partial charge in [0.15, 0.2) is 0 Å². The van der Waals surface area contributed by atoms with Gasteiger partial charge in [-0.2, -0.15) is 0 Å². The van der Waals surface area contributed by atoms with Crippen molar-refractivity contribution < 1.29 is 13.9 Å². The number of methoxy groups -OCH3 is 1. The first-order chi connectivity index (χ1) is 11.1. The van der Waals surface area contributed by atoms with Crippen LogP contribution in [0.4, 0.5) is 5.69 Å². The lowest BCUT2D eigenvalue weighted by Gasteiger charge is -2.07. The largest absolute Gasteiger partial charge is 0.497 e. The fraction of sp³-hybridized carbons (Fsp3) is 0.118. The van der Waals surface area contributed by atoms with Crippen LogP contribution in [0, 0.1) is 0 Å². The molecular weight excluding hydrogens is 337 g/mol. The number of hydrogen-bond acceptors (Lipinski definition) is 3. The van der Waals surface area contributed by atoms with Gasteiger partial charge < -0.3 is 14.5 Å². The van der Waals surface area contributed by atoms with Gasteiger partial charge in [0, 0.05) is 16.0 Å². The van der Waals surface area contributed by atoms with Crippen molar-refractivity contribution in [2.75, 3.05) is 12.4 Å². The smallest absolute Gasteiger partial charge is 0.228 e. The number of ether oxygens (including phenoxy) is 1. The highest BCUT2D eigenvalue weighted by atomic mass is 35.5. The number of rotatable bonds is 4. The quantitative estimate of drug-likeness (QED) is 0.726. The van der Waals surface area contributed by atoms with E-state index in [0.717, 1.165) is 10.9 Å². The van der Waals surface area contributed by atoms with Gasteiger partial charge in [0.05, 0.1) is 30.5 Å². The summed E-state index contributed by atoms with van der Waals surface area (Å²) in [5.74, 6) is 0.515. The van der Waals surface area contributed by atoms with Gasteiger partial charge in [0.1, 0.15) is 11.3 Å². The number of furan rings is 1. The molecule has 0 saturated heterocycles. The minimum Gasteiger partial charge on any atom is -0.497 e. The number of carbonyl (C=O) groups excluding carboxylic acids is 1. The van der Waals surface area contributed by atoms with Gasteiger partial charge in [-0.05, 0) is 36.4 Å². The Hall–Kier alpha value is -2.17. The second-order valence-electron chi connectivity index (χ2n) is 4.97. The van der Waals surface area contributed by atoms with Gasteiger partial charge in [-0.25, -0.2) is 0 Å². The Morgan fingerprint density at radius 1 is 1.22 bits per heavy atom. The SMILES string of the molecule is COc1ccc2occ(CC(=O)Nc3ccc(Cl)cc3Cl)c2c1. The number of halogens is 2. The van der Waals surface area contributed by atoms with Crippen molar-refractivity contribution in [1.82, 2.24) is 0 Å². The van der Waals surface area contributed by atoms with Crippen LogP contribution in [0.15, 0.2) is 47.1 Å². The monoisotopic (exact) mass is 349 g/mol. The van der Waals surface area contributed by atoms with Crippen LogP contribution in [0.5, 0.6) is 5.75 Å². The first kappa shape index (κ1) is 15.7. The fourth-order valence-electron chi connectivity index (χ4n) is 2.28. The third-order valence-corrected chi connectivity index (χ3v) is 3.96. The lowest BCUT2D eigenvalue weighted by atomic mass is 10.1. The summed E-state index contributed by atoms with van der Waals surface area (Å²) in [5, 5.41) is 4.52. The topological polar surface area (TPSA) is 51.5 Å². The zero-order valence-corrected chi connectivity index (χ0v) is 13.7. The standard InChI is InChI=1S/C17H13Cl2NO3/c1-22-12-3-5-16-13(8-12)10(9-23-16)6-17(21)20-15-4-2-11(18)7-14(15)19/h2-5,7-9H,6H2,1H3,(H,20,21). The van der Waals surface area contributed by atoms with Crippen molar-refractivity contribution in [1.29, 1.82) is 0 Å². The maximum absolute atomic E-state index is 12.2. The number of anilines is 1. The molecule has 0 unspecified atom stereocenters. The molecule has 0 aliphatic carbocycles. The van der Waals surface area contributed by atoms with E-state index in [9.17, 15) is 4.79 Å². The predicted octanol–water partition coefficient (Wildman–Crippen LogP) is 4.93. The van der Waals surface area contributed by atoms with E-state index in [1.807, 2.05) is 18.2 Å². The second-order valence-corrected chi connectivity index (χ2v) is 5.82. The number of benzene rings is 2. The summed E-state index contributed by atoms with van der Waals surface area (Å²) in [6, 6.07) is 10.4. The molecule has 0 bridgehead atoms. The van der Waals surface area contributed by atoms with Crippen LogP contribution < -0.4 is 10.1 Å². The van der Waals surface area contributed by atoms with Crippen LogP contribution in [0.25, 0.3) is 11.0 Å². The molecule has 0 atom stereocenters. The summed E-state index contributed by atoms with van der Waals surface area (Å²) in [5.41, 5.74) is 2.01. The molecule has 4 nitrogen and oxygen atoms in total. The molecular formula is C17H13Cl2NO3. The van der Waals surface area contributed by atoms with Gasteiger partial charge in [-0.1, -0.05) is 23.2 Å². The summed E-state index contributed by atoms with van der Waals surface area (Å²) in [6.07, 6.45) is 1.74. The van der Waals surface area contributed by atoms with Crippen LogP contribution in [0.1, 0.15) is 5.56 Å². The molecule has 0 fully saturated rings. The minimum absolute atomic E-state index is 0.166. The molecule has 6 heteroatoms. The van der Waals surface area contributed by atoms with Crippen molar-refractivity contribution in [2.24, 2.45) is 0 Å². The van der Waals surface area contributed by atoms with E-state index >= 15 is 0 Å². The molecule has 1 aromatic heterocycles. The molecule has 0 aliphatic heterocycles. The highest BCUT2D eigenvalue weighted by molar-refractivity contribution is 6.36. The number of fused-ring (bicyclic) bond motifs is 1. The molecule has 0 saturated carbocycles. The minimum atomic E-state index is -0.195. The van der Waals surface area contributed by atoms with Crippen LogP contribution in [-0.2, 0) is 11.2 Å². The third kappa shape index (κ3) is 3.44. The molecule has 0 spiro atoms. The Morgan fingerprint density at radius 2 is 2.04 bits per heavy atom. The van der Waals surface area contributed by atoms with Crippen LogP contribution in [0.2, 0.25) is 10.0 Å². The Bertz CT molecular complexity index is 873. The van der Waals surface area contributed by atoms with Crippen LogP contribution in [-0.4, -0.2) is 13.0 Å². The molecule has 1 amide bonds. The predicted molar refractivity (Wildman–Crippen MR) is 91.6 cm³/mol. The average molecular weight is 350 g/mol. The molecule has 2 aromatic carbocycles. The first-order valence-corrected chi connectivity index (χ1v) is 7.61.